The highest BCUT2D eigenvalue weighted by Gasteiger charge is 2.31. The molecule has 7 nitrogen and oxygen atoms in total. The molecule has 2 aromatic rings. The van der Waals surface area contributed by atoms with Gasteiger partial charge in [-0.25, -0.2) is 4.79 Å². The first-order valence-corrected chi connectivity index (χ1v) is 11.5. The number of carboxylic acid groups (broad SMARTS) is 1. The van der Waals surface area contributed by atoms with E-state index in [0.717, 1.165) is 24.0 Å². The Bertz CT molecular complexity index is 1080. The number of benzene rings is 2. The third-order valence-corrected chi connectivity index (χ3v) is 6.63. The molecule has 1 fully saturated rings. The fourth-order valence-corrected chi connectivity index (χ4v) is 5.08. The number of hydrogen-bond donors (Lipinski definition) is 2. The molecule has 2 aromatic carbocycles. The van der Waals surface area contributed by atoms with Gasteiger partial charge in [-0.05, 0) is 47.4 Å². The van der Waals surface area contributed by atoms with Crippen LogP contribution in [0.3, 0.4) is 0 Å². The van der Waals surface area contributed by atoms with Gasteiger partial charge in [-0.2, -0.15) is 0 Å². The molecule has 1 saturated carbocycles. The normalized spacial score (nSPS) is 18.4. The van der Waals surface area contributed by atoms with E-state index in [-0.39, 0.29) is 43.4 Å². The second-order valence-electron chi connectivity index (χ2n) is 8.90. The van der Waals surface area contributed by atoms with Crippen LogP contribution < -0.4 is 5.32 Å². The molecule has 2 N–H and O–H groups in total. The van der Waals surface area contributed by atoms with Crippen molar-refractivity contribution < 1.29 is 24.2 Å². The van der Waals surface area contributed by atoms with E-state index in [1.807, 2.05) is 24.3 Å². The number of rotatable bonds is 8. The molecule has 2 aliphatic carbocycles. The maximum atomic E-state index is 12.5. The van der Waals surface area contributed by atoms with Crippen LogP contribution in [0.15, 0.2) is 48.5 Å². The fourth-order valence-electron chi connectivity index (χ4n) is 5.08. The zero-order valence-corrected chi connectivity index (χ0v) is 18.9. The number of carbonyl (C=O) groups excluding carboxylic acids is 2. The van der Waals surface area contributed by atoms with Crippen LogP contribution in [0, 0.1) is 18.3 Å². The van der Waals surface area contributed by atoms with Gasteiger partial charge in [0.2, 0.25) is 5.91 Å². The van der Waals surface area contributed by atoms with E-state index in [2.05, 4.69) is 35.5 Å². The van der Waals surface area contributed by atoms with Crippen LogP contribution in [0.1, 0.15) is 42.7 Å². The summed E-state index contributed by atoms with van der Waals surface area (Å²) in [4.78, 5) is 37.1. The molecule has 0 saturated heterocycles. The number of alkyl carbamates (subject to hydrolysis) is 1. The smallest absolute Gasteiger partial charge is 0.407 e. The lowest BCUT2D eigenvalue weighted by Gasteiger charge is -2.20. The molecule has 0 heterocycles. The van der Waals surface area contributed by atoms with Gasteiger partial charge in [-0.1, -0.05) is 54.5 Å². The molecular formula is C27H28N2O5. The Balaban J connectivity index is 1.28. The Morgan fingerprint density at radius 3 is 2.32 bits per heavy atom. The second-order valence-corrected chi connectivity index (χ2v) is 8.90. The Morgan fingerprint density at radius 2 is 1.71 bits per heavy atom. The van der Waals surface area contributed by atoms with Crippen molar-refractivity contribution in [2.45, 2.75) is 37.6 Å². The highest BCUT2D eigenvalue weighted by molar-refractivity contribution is 5.82. The molecule has 2 atom stereocenters. The third-order valence-electron chi connectivity index (χ3n) is 6.63. The van der Waals surface area contributed by atoms with Crippen molar-refractivity contribution in [1.29, 1.82) is 0 Å². The van der Waals surface area contributed by atoms with E-state index in [4.69, 9.17) is 16.3 Å². The average Bonchev–Trinajstić information content (AvgIpc) is 3.39. The lowest BCUT2D eigenvalue weighted by molar-refractivity contribution is -0.144. The van der Waals surface area contributed by atoms with Gasteiger partial charge in [0.15, 0.2) is 0 Å². The third kappa shape index (κ3) is 5.23. The molecule has 2 amide bonds. The van der Waals surface area contributed by atoms with Gasteiger partial charge in [0.05, 0.1) is 6.54 Å². The van der Waals surface area contributed by atoms with Gasteiger partial charge >= 0.3 is 12.1 Å². The van der Waals surface area contributed by atoms with E-state index < -0.39 is 18.6 Å². The van der Waals surface area contributed by atoms with Gasteiger partial charge in [-0.15, -0.1) is 6.42 Å². The first kappa shape index (κ1) is 23.4. The first-order valence-electron chi connectivity index (χ1n) is 11.5. The first-order chi connectivity index (χ1) is 16.5. The number of nitrogens with one attached hydrogen (secondary N) is 1. The molecule has 2 aliphatic rings. The molecule has 0 radical (unpaired) electrons. The van der Waals surface area contributed by atoms with Crippen molar-refractivity contribution in [1.82, 2.24) is 10.2 Å². The highest BCUT2D eigenvalue weighted by Crippen LogP contribution is 2.44. The summed E-state index contributed by atoms with van der Waals surface area (Å²) < 4.78 is 5.62. The Kier molecular flexibility index (Phi) is 7.17. The number of terminal acetylenes is 1. The Labute approximate surface area is 199 Å². The van der Waals surface area contributed by atoms with E-state index >= 15 is 0 Å². The Morgan fingerprint density at radius 1 is 1.06 bits per heavy atom. The summed E-state index contributed by atoms with van der Waals surface area (Å²) in [6.45, 7) is -0.179. The van der Waals surface area contributed by atoms with Crippen molar-refractivity contribution in [2.24, 2.45) is 5.92 Å². The largest absolute Gasteiger partial charge is 0.480 e. The van der Waals surface area contributed by atoms with Gasteiger partial charge < -0.3 is 20.1 Å². The quantitative estimate of drug-likeness (QED) is 0.587. The van der Waals surface area contributed by atoms with Gasteiger partial charge in [-0.3, -0.25) is 9.59 Å². The summed E-state index contributed by atoms with van der Waals surface area (Å²) in [5.41, 5.74) is 4.68. The molecule has 4 rings (SSSR count). The zero-order valence-electron chi connectivity index (χ0n) is 18.9. The molecule has 176 valence electrons. The van der Waals surface area contributed by atoms with E-state index in [9.17, 15) is 14.4 Å². The van der Waals surface area contributed by atoms with Crippen molar-refractivity contribution in [3.63, 3.8) is 0 Å². The maximum Gasteiger partial charge on any atom is 0.407 e. The van der Waals surface area contributed by atoms with Crippen LogP contribution in [0.4, 0.5) is 4.79 Å². The minimum absolute atomic E-state index is 0.00321. The predicted octanol–water partition coefficient (Wildman–Crippen LogP) is 3.63. The number of carboxylic acids is 1. The highest BCUT2D eigenvalue weighted by atomic mass is 16.5. The van der Waals surface area contributed by atoms with Crippen LogP contribution in [-0.2, 0) is 14.3 Å². The molecular weight excluding hydrogens is 432 g/mol. The molecule has 34 heavy (non-hydrogen) atoms. The van der Waals surface area contributed by atoms with Crippen LogP contribution >= 0.6 is 0 Å². The van der Waals surface area contributed by atoms with Crippen LogP contribution in [0.2, 0.25) is 0 Å². The van der Waals surface area contributed by atoms with Crippen molar-refractivity contribution >= 4 is 18.0 Å². The van der Waals surface area contributed by atoms with Crippen molar-refractivity contribution in [3.05, 3.63) is 59.7 Å². The van der Waals surface area contributed by atoms with Crippen molar-refractivity contribution in [3.8, 4) is 23.5 Å². The predicted molar refractivity (Wildman–Crippen MR) is 127 cm³/mol. The van der Waals surface area contributed by atoms with Crippen LogP contribution in [0.5, 0.6) is 0 Å². The summed E-state index contributed by atoms with van der Waals surface area (Å²) in [6, 6.07) is 16.3. The maximum absolute atomic E-state index is 12.5. The standard InChI is InChI=1S/C27H28N2O5/c1-2-13-29(16-26(31)32)25(30)15-18-11-12-19(14-18)28-27(33)34-17-24-22-9-5-3-7-20(22)21-8-4-6-10-23(21)24/h1,3-10,18-19,24H,11-17H2,(H,28,33)(H,31,32). The lowest BCUT2D eigenvalue weighted by Crippen LogP contribution is -2.37. The summed E-state index contributed by atoms with van der Waals surface area (Å²) in [6.07, 6.45) is 7.18. The lowest BCUT2D eigenvalue weighted by atomic mass is 9.98. The number of ether oxygens (including phenoxy) is 1. The second kappa shape index (κ2) is 10.4. The van der Waals surface area contributed by atoms with Gasteiger partial charge in [0, 0.05) is 18.4 Å². The van der Waals surface area contributed by atoms with E-state index in [1.165, 1.54) is 16.0 Å². The fraction of sp³-hybridized carbons (Fsp3) is 0.370. The zero-order chi connectivity index (χ0) is 24.1. The summed E-state index contributed by atoms with van der Waals surface area (Å²) in [7, 11) is 0. The Hall–Kier alpha value is -3.79. The average molecular weight is 461 g/mol. The summed E-state index contributed by atoms with van der Waals surface area (Å²) in [5.74, 6) is 1.04. The minimum Gasteiger partial charge on any atom is -0.480 e. The number of hydrogen-bond acceptors (Lipinski definition) is 4. The van der Waals surface area contributed by atoms with Gasteiger partial charge in [0.1, 0.15) is 13.2 Å². The monoisotopic (exact) mass is 460 g/mol. The number of fused-ring (bicyclic) bond motifs is 3. The van der Waals surface area contributed by atoms with Crippen LogP contribution in [-0.4, -0.2) is 53.7 Å². The number of amides is 2. The minimum atomic E-state index is -1.09. The van der Waals surface area contributed by atoms with Crippen molar-refractivity contribution in [2.75, 3.05) is 19.7 Å². The molecule has 7 heteroatoms. The van der Waals surface area contributed by atoms with Crippen LogP contribution in [0.25, 0.3) is 11.1 Å². The molecule has 0 aliphatic heterocycles. The number of carbonyl (C=O) groups is 3. The molecule has 2 unspecified atom stereocenters. The number of nitrogens with zero attached hydrogens (tertiary/aromatic N) is 1. The van der Waals surface area contributed by atoms with E-state index in [0.29, 0.717) is 6.42 Å². The van der Waals surface area contributed by atoms with E-state index in [1.54, 1.807) is 0 Å². The molecule has 0 spiro atoms. The molecule has 0 bridgehead atoms. The topological polar surface area (TPSA) is 95.9 Å². The summed E-state index contributed by atoms with van der Waals surface area (Å²) in [5, 5.41) is 11.9. The van der Waals surface area contributed by atoms with Gasteiger partial charge in [0.25, 0.3) is 0 Å². The summed E-state index contributed by atoms with van der Waals surface area (Å²) >= 11 is 0. The molecule has 0 aromatic heterocycles. The SMILES string of the molecule is C#CCN(CC(=O)O)C(=O)CC1CCC(NC(=O)OCC2c3ccccc3-c3ccccc32)C1. The number of aliphatic carboxylic acids is 1.